The molecule has 0 amide bonds. The average molecular weight is 173 g/mol. The van der Waals surface area contributed by atoms with Crippen LogP contribution in [0.2, 0.25) is 0 Å². The summed E-state index contributed by atoms with van der Waals surface area (Å²) < 4.78 is 5.56. The topological polar surface area (TPSA) is 41.9 Å². The summed E-state index contributed by atoms with van der Waals surface area (Å²) in [5.74, 6) is 0. The molecule has 0 unspecified atom stereocenters. The second-order valence-electron chi connectivity index (χ2n) is 3.50. The van der Waals surface area contributed by atoms with E-state index in [-0.39, 0.29) is 17.7 Å². The summed E-state index contributed by atoms with van der Waals surface area (Å²) in [4.78, 5) is 5.14. The maximum atomic E-state index is 9.83. The van der Waals surface area contributed by atoms with Crippen LogP contribution in [0.25, 0.3) is 0 Å². The molecule has 0 aromatic heterocycles. The van der Waals surface area contributed by atoms with E-state index < -0.39 is 0 Å². The maximum absolute atomic E-state index is 9.83. The molecule has 0 aromatic carbocycles. The SMILES string of the molecule is CC[C@@]12CN(OC)[C@@H](CO1)[C@@H]2O. The van der Waals surface area contributed by atoms with Crippen LogP contribution in [0.5, 0.6) is 0 Å². The van der Waals surface area contributed by atoms with Crippen LogP contribution >= 0.6 is 0 Å². The van der Waals surface area contributed by atoms with Gasteiger partial charge in [-0.15, -0.1) is 0 Å². The Hall–Kier alpha value is -0.160. The van der Waals surface area contributed by atoms with E-state index in [1.54, 1.807) is 7.11 Å². The molecule has 4 heteroatoms. The number of rotatable bonds is 2. The third kappa shape index (κ3) is 0.864. The lowest BCUT2D eigenvalue weighted by molar-refractivity contribution is -0.194. The Labute approximate surface area is 72.0 Å². The zero-order valence-electron chi connectivity index (χ0n) is 7.49. The summed E-state index contributed by atoms with van der Waals surface area (Å²) in [6.07, 6.45) is 0.451. The summed E-state index contributed by atoms with van der Waals surface area (Å²) in [6, 6.07) is 0.0370. The van der Waals surface area contributed by atoms with E-state index in [1.165, 1.54) is 0 Å². The zero-order valence-corrected chi connectivity index (χ0v) is 7.49. The van der Waals surface area contributed by atoms with Crippen molar-refractivity contribution >= 4 is 0 Å². The lowest BCUT2D eigenvalue weighted by Crippen LogP contribution is -2.42. The van der Waals surface area contributed by atoms with Crippen LogP contribution in [0.3, 0.4) is 0 Å². The van der Waals surface area contributed by atoms with Crippen molar-refractivity contribution in [3.63, 3.8) is 0 Å². The number of fused-ring (bicyclic) bond motifs is 2. The molecule has 2 saturated heterocycles. The fraction of sp³-hybridized carbons (Fsp3) is 1.00. The van der Waals surface area contributed by atoms with Gasteiger partial charge in [-0.3, -0.25) is 0 Å². The van der Waals surface area contributed by atoms with Crippen molar-refractivity contribution in [3.8, 4) is 0 Å². The molecule has 0 radical (unpaired) electrons. The predicted molar refractivity (Wildman–Crippen MR) is 42.5 cm³/mol. The molecule has 0 aliphatic carbocycles. The Morgan fingerprint density at radius 3 is 2.92 bits per heavy atom. The first kappa shape index (κ1) is 8.44. The third-order valence-electron chi connectivity index (χ3n) is 3.07. The van der Waals surface area contributed by atoms with Crippen molar-refractivity contribution in [1.29, 1.82) is 0 Å². The molecular formula is C8H15NO3. The molecule has 2 heterocycles. The maximum Gasteiger partial charge on any atom is 0.110 e. The molecule has 2 fully saturated rings. The standard InChI is InChI=1S/C8H15NO3/c1-3-8-5-9(11-2)6(4-12-8)7(8)10/h6-7,10H,3-5H2,1-2H3/t6-,7-,8-/m0/s1. The van der Waals surface area contributed by atoms with Gasteiger partial charge in [-0.25, -0.2) is 0 Å². The van der Waals surface area contributed by atoms with Crippen LogP contribution in [0.1, 0.15) is 13.3 Å². The Morgan fingerprint density at radius 1 is 1.75 bits per heavy atom. The summed E-state index contributed by atoms with van der Waals surface area (Å²) in [6.45, 7) is 3.30. The molecule has 0 spiro atoms. The van der Waals surface area contributed by atoms with E-state index in [0.717, 1.165) is 6.42 Å². The van der Waals surface area contributed by atoms with Crippen LogP contribution in [-0.4, -0.2) is 48.2 Å². The number of hydrogen-bond acceptors (Lipinski definition) is 4. The first-order chi connectivity index (χ1) is 5.73. The summed E-state index contributed by atoms with van der Waals surface area (Å²) in [5.41, 5.74) is -0.360. The van der Waals surface area contributed by atoms with Gasteiger partial charge in [-0.1, -0.05) is 6.92 Å². The molecule has 2 rings (SSSR count). The molecule has 1 N–H and O–H groups in total. The van der Waals surface area contributed by atoms with Crippen molar-refractivity contribution in [1.82, 2.24) is 5.06 Å². The molecule has 2 aliphatic heterocycles. The van der Waals surface area contributed by atoms with E-state index in [0.29, 0.717) is 13.2 Å². The first-order valence-electron chi connectivity index (χ1n) is 4.36. The van der Waals surface area contributed by atoms with Gasteiger partial charge in [0.1, 0.15) is 11.7 Å². The van der Waals surface area contributed by atoms with Gasteiger partial charge in [-0.2, -0.15) is 5.06 Å². The highest BCUT2D eigenvalue weighted by molar-refractivity contribution is 5.07. The minimum atomic E-state index is -0.387. The Bertz CT molecular complexity index is 187. The molecule has 2 aliphatic rings. The number of morpholine rings is 1. The van der Waals surface area contributed by atoms with Crippen molar-refractivity contribution in [3.05, 3.63) is 0 Å². The normalized spacial score (nSPS) is 47.2. The van der Waals surface area contributed by atoms with E-state index in [9.17, 15) is 5.11 Å². The van der Waals surface area contributed by atoms with E-state index >= 15 is 0 Å². The largest absolute Gasteiger partial charge is 0.388 e. The van der Waals surface area contributed by atoms with Crippen molar-refractivity contribution in [2.24, 2.45) is 0 Å². The van der Waals surface area contributed by atoms with Crippen LogP contribution in [0.15, 0.2) is 0 Å². The van der Waals surface area contributed by atoms with Gasteiger partial charge in [0.05, 0.1) is 26.3 Å². The fourth-order valence-electron chi connectivity index (χ4n) is 2.16. The third-order valence-corrected chi connectivity index (χ3v) is 3.07. The molecule has 12 heavy (non-hydrogen) atoms. The van der Waals surface area contributed by atoms with Crippen LogP contribution in [0.4, 0.5) is 0 Å². The van der Waals surface area contributed by atoms with Crippen molar-refractivity contribution < 1.29 is 14.7 Å². The quantitative estimate of drug-likeness (QED) is 0.626. The van der Waals surface area contributed by atoms with Gasteiger partial charge in [0.2, 0.25) is 0 Å². The van der Waals surface area contributed by atoms with Crippen LogP contribution in [-0.2, 0) is 9.57 Å². The lowest BCUT2D eigenvalue weighted by atomic mass is 9.97. The lowest BCUT2D eigenvalue weighted by Gasteiger charge is -2.29. The predicted octanol–water partition coefficient (Wildman–Crippen LogP) is -0.228. The van der Waals surface area contributed by atoms with Crippen LogP contribution < -0.4 is 0 Å². The zero-order chi connectivity index (χ0) is 8.77. The monoisotopic (exact) mass is 173 g/mol. The molecule has 0 saturated carbocycles. The minimum Gasteiger partial charge on any atom is -0.388 e. The number of aliphatic hydroxyl groups is 1. The minimum absolute atomic E-state index is 0.0370. The van der Waals surface area contributed by atoms with Gasteiger partial charge in [0.25, 0.3) is 0 Å². The molecule has 4 nitrogen and oxygen atoms in total. The molecule has 70 valence electrons. The van der Waals surface area contributed by atoms with Gasteiger partial charge >= 0.3 is 0 Å². The number of nitrogens with zero attached hydrogens (tertiary/aromatic N) is 1. The van der Waals surface area contributed by atoms with Crippen LogP contribution in [0, 0.1) is 0 Å². The Balaban J connectivity index is 2.18. The van der Waals surface area contributed by atoms with E-state index in [2.05, 4.69) is 0 Å². The Kier molecular flexibility index (Phi) is 1.88. The second kappa shape index (κ2) is 2.67. The van der Waals surface area contributed by atoms with E-state index in [4.69, 9.17) is 9.57 Å². The highest BCUT2D eigenvalue weighted by atomic mass is 16.7. The highest BCUT2D eigenvalue weighted by Gasteiger charge is 2.58. The number of hydrogen-bond donors (Lipinski definition) is 1. The summed E-state index contributed by atoms with van der Waals surface area (Å²) in [7, 11) is 1.64. The highest BCUT2D eigenvalue weighted by Crippen LogP contribution is 2.39. The summed E-state index contributed by atoms with van der Waals surface area (Å²) >= 11 is 0. The molecule has 2 bridgehead atoms. The van der Waals surface area contributed by atoms with Crippen molar-refractivity contribution in [2.45, 2.75) is 31.1 Å². The summed E-state index contributed by atoms with van der Waals surface area (Å²) in [5, 5.41) is 11.7. The van der Waals surface area contributed by atoms with Crippen molar-refractivity contribution in [2.75, 3.05) is 20.3 Å². The van der Waals surface area contributed by atoms with Gasteiger partial charge < -0.3 is 14.7 Å². The molecule has 3 atom stereocenters. The van der Waals surface area contributed by atoms with Gasteiger partial charge in [0.15, 0.2) is 0 Å². The Morgan fingerprint density at radius 2 is 2.50 bits per heavy atom. The number of aliphatic hydroxyl groups excluding tert-OH is 1. The van der Waals surface area contributed by atoms with Gasteiger partial charge in [-0.05, 0) is 6.42 Å². The second-order valence-corrected chi connectivity index (χ2v) is 3.50. The number of hydroxylamine groups is 2. The average Bonchev–Trinajstić information content (AvgIpc) is 2.58. The smallest absolute Gasteiger partial charge is 0.110 e. The first-order valence-corrected chi connectivity index (χ1v) is 4.36. The van der Waals surface area contributed by atoms with E-state index in [1.807, 2.05) is 12.0 Å². The van der Waals surface area contributed by atoms with Gasteiger partial charge in [0, 0.05) is 0 Å². The molecular weight excluding hydrogens is 158 g/mol. The molecule has 0 aromatic rings. The number of ether oxygens (including phenoxy) is 1. The fourth-order valence-corrected chi connectivity index (χ4v) is 2.16.